The summed E-state index contributed by atoms with van der Waals surface area (Å²) in [5.74, 6) is 0. The first-order chi connectivity index (χ1) is 6.62. The Hall–Kier alpha value is -0.920. The van der Waals surface area contributed by atoms with Crippen molar-refractivity contribution in [2.75, 3.05) is 0 Å². The molecule has 2 nitrogen and oxygen atoms in total. The van der Waals surface area contributed by atoms with Crippen LogP contribution in [0.5, 0.6) is 0 Å². The summed E-state index contributed by atoms with van der Waals surface area (Å²) in [5.41, 5.74) is 0. The summed E-state index contributed by atoms with van der Waals surface area (Å²) in [6.45, 7) is 0. The average Bonchev–Trinajstić information content (AvgIpc) is 2.28. The standard InChI is InChI=1S/C6H2ClF6N2/c7-3-1-14-15(2-3)4(5(8,9)10)6(11,12)13/h1-2H. The minimum Gasteiger partial charge on any atom is -0.244 e. The molecular weight excluding hydrogens is 250 g/mol. The second-order valence-electron chi connectivity index (χ2n) is 2.45. The molecule has 0 unspecified atom stereocenters. The van der Waals surface area contributed by atoms with Crippen LogP contribution in [0.4, 0.5) is 26.3 Å². The molecule has 0 N–H and O–H groups in total. The molecule has 0 aliphatic carbocycles. The molecule has 0 spiro atoms. The first-order valence-corrected chi connectivity index (χ1v) is 3.72. The lowest BCUT2D eigenvalue weighted by Gasteiger charge is -2.21. The van der Waals surface area contributed by atoms with Crippen molar-refractivity contribution < 1.29 is 26.3 Å². The fraction of sp³-hybridized carbons (Fsp3) is 0.333. The minimum absolute atomic E-state index is 0.319. The van der Waals surface area contributed by atoms with Gasteiger partial charge in [-0.25, -0.2) is 4.68 Å². The number of hydrogen-bond donors (Lipinski definition) is 0. The SMILES string of the molecule is FC(F)(F)[C](n1cc(Cl)cn1)C(F)(F)F. The van der Waals surface area contributed by atoms with Gasteiger partial charge in [-0.3, -0.25) is 0 Å². The second-order valence-corrected chi connectivity index (χ2v) is 2.88. The summed E-state index contributed by atoms with van der Waals surface area (Å²) in [4.78, 5) is 0. The third-order valence-electron chi connectivity index (χ3n) is 1.32. The second kappa shape index (κ2) is 3.58. The van der Waals surface area contributed by atoms with E-state index in [1.165, 1.54) is 0 Å². The Kier molecular flexibility index (Phi) is 2.90. The van der Waals surface area contributed by atoms with Crippen LogP contribution >= 0.6 is 11.6 Å². The summed E-state index contributed by atoms with van der Waals surface area (Å²) in [5, 5.41) is 2.54. The molecule has 1 rings (SSSR count). The Morgan fingerprint density at radius 2 is 1.60 bits per heavy atom. The summed E-state index contributed by atoms with van der Waals surface area (Å²) < 4.78 is 72.0. The molecule has 15 heavy (non-hydrogen) atoms. The van der Waals surface area contributed by atoms with E-state index in [9.17, 15) is 26.3 Å². The van der Waals surface area contributed by atoms with Gasteiger partial charge in [-0.15, -0.1) is 0 Å². The highest BCUT2D eigenvalue weighted by atomic mass is 35.5. The number of rotatable bonds is 1. The van der Waals surface area contributed by atoms with Gasteiger partial charge in [0.15, 0.2) is 0 Å². The smallest absolute Gasteiger partial charge is 0.244 e. The molecule has 1 aromatic heterocycles. The highest BCUT2D eigenvalue weighted by Gasteiger charge is 2.60. The molecule has 0 amide bonds. The Bertz CT molecular complexity index is 326. The lowest BCUT2D eigenvalue weighted by molar-refractivity contribution is -0.213. The van der Waals surface area contributed by atoms with Crippen LogP contribution in [0.3, 0.4) is 0 Å². The zero-order valence-corrected chi connectivity index (χ0v) is 7.45. The fourth-order valence-corrected chi connectivity index (χ4v) is 0.980. The highest BCUT2D eigenvalue weighted by Crippen LogP contribution is 2.41. The lowest BCUT2D eigenvalue weighted by Crippen LogP contribution is -2.39. The summed E-state index contributed by atoms with van der Waals surface area (Å²) in [6, 6.07) is -2.73. The summed E-state index contributed by atoms with van der Waals surface area (Å²) >= 11 is 5.17. The van der Waals surface area contributed by atoms with Crippen molar-refractivity contribution in [2.45, 2.75) is 12.4 Å². The van der Waals surface area contributed by atoms with Crippen molar-refractivity contribution in [1.82, 2.24) is 9.78 Å². The van der Waals surface area contributed by atoms with Gasteiger partial charge in [0.05, 0.1) is 11.2 Å². The van der Waals surface area contributed by atoms with Gasteiger partial charge >= 0.3 is 12.4 Å². The van der Waals surface area contributed by atoms with Crippen molar-refractivity contribution in [3.8, 4) is 0 Å². The highest BCUT2D eigenvalue weighted by molar-refractivity contribution is 6.30. The molecule has 0 bridgehead atoms. The monoisotopic (exact) mass is 251 g/mol. The van der Waals surface area contributed by atoms with Crippen LogP contribution in [0.2, 0.25) is 5.02 Å². The predicted octanol–water partition coefficient (Wildman–Crippen LogP) is 3.04. The van der Waals surface area contributed by atoms with Gasteiger partial charge in [0, 0.05) is 6.20 Å². The van der Waals surface area contributed by atoms with Crippen LogP contribution in [0.15, 0.2) is 12.4 Å². The van der Waals surface area contributed by atoms with Crippen molar-refractivity contribution in [2.24, 2.45) is 0 Å². The Morgan fingerprint density at radius 1 is 1.13 bits per heavy atom. The first-order valence-electron chi connectivity index (χ1n) is 3.34. The molecule has 0 aliphatic rings. The Labute approximate surface area is 84.4 Å². The maximum absolute atomic E-state index is 12.1. The van der Waals surface area contributed by atoms with Gasteiger partial charge in [0.1, 0.15) is 0 Å². The minimum atomic E-state index is -5.55. The topological polar surface area (TPSA) is 17.8 Å². The van der Waals surface area contributed by atoms with E-state index in [1.807, 2.05) is 0 Å². The molecule has 85 valence electrons. The van der Waals surface area contributed by atoms with E-state index < -0.39 is 18.4 Å². The fourth-order valence-electron chi connectivity index (χ4n) is 0.844. The van der Waals surface area contributed by atoms with Crippen LogP contribution in [0.1, 0.15) is 0 Å². The molecule has 1 heterocycles. The van der Waals surface area contributed by atoms with Crippen molar-refractivity contribution in [1.29, 1.82) is 0 Å². The number of nitrogens with zero attached hydrogens (tertiary/aromatic N) is 2. The van der Waals surface area contributed by atoms with Gasteiger partial charge in [-0.05, 0) is 0 Å². The summed E-state index contributed by atoms with van der Waals surface area (Å²) in [7, 11) is 0. The van der Waals surface area contributed by atoms with Crippen molar-refractivity contribution in [3.05, 3.63) is 23.5 Å². The van der Waals surface area contributed by atoms with E-state index >= 15 is 0 Å². The zero-order chi connectivity index (χ0) is 11.9. The zero-order valence-electron chi connectivity index (χ0n) is 6.69. The molecule has 1 radical (unpaired) electrons. The molecule has 0 fully saturated rings. The van der Waals surface area contributed by atoms with Crippen molar-refractivity contribution in [3.63, 3.8) is 0 Å². The van der Waals surface area contributed by atoms with Crippen LogP contribution in [0.25, 0.3) is 0 Å². The van der Waals surface area contributed by atoms with E-state index in [-0.39, 0.29) is 9.70 Å². The molecular formula is C6H2ClF6N2. The Balaban J connectivity index is 3.14. The molecule has 1 aromatic rings. The van der Waals surface area contributed by atoms with Gasteiger partial charge in [0.2, 0.25) is 0 Å². The maximum atomic E-state index is 12.1. The van der Waals surface area contributed by atoms with Gasteiger partial charge in [-0.2, -0.15) is 31.4 Å². The number of halogens is 7. The summed E-state index contributed by atoms with van der Waals surface area (Å²) in [6.07, 6.45) is -9.99. The molecule has 0 aromatic carbocycles. The number of aromatic nitrogens is 2. The maximum Gasteiger partial charge on any atom is 0.425 e. The molecule has 0 atom stereocenters. The normalized spacial score (nSPS) is 13.6. The first kappa shape index (κ1) is 12.2. The van der Waals surface area contributed by atoms with Crippen LogP contribution in [-0.2, 0) is 0 Å². The quantitative estimate of drug-likeness (QED) is 0.702. The molecule has 0 saturated carbocycles. The van der Waals surface area contributed by atoms with E-state index in [2.05, 4.69) is 5.10 Å². The van der Waals surface area contributed by atoms with E-state index in [4.69, 9.17) is 11.6 Å². The molecule has 0 saturated heterocycles. The van der Waals surface area contributed by atoms with Crippen LogP contribution in [-0.4, -0.2) is 22.1 Å². The number of alkyl halides is 6. The third kappa shape index (κ3) is 2.77. The largest absolute Gasteiger partial charge is 0.425 e. The lowest BCUT2D eigenvalue weighted by atomic mass is 10.3. The average molecular weight is 252 g/mol. The third-order valence-corrected chi connectivity index (χ3v) is 1.51. The predicted molar refractivity (Wildman–Crippen MR) is 38.0 cm³/mol. The van der Waals surface area contributed by atoms with Gasteiger partial charge in [0.25, 0.3) is 6.04 Å². The van der Waals surface area contributed by atoms with Crippen LogP contribution < -0.4 is 0 Å². The number of hydrogen-bond acceptors (Lipinski definition) is 1. The molecule has 0 aliphatic heterocycles. The van der Waals surface area contributed by atoms with E-state index in [1.54, 1.807) is 0 Å². The van der Waals surface area contributed by atoms with E-state index in [0.29, 0.717) is 12.4 Å². The Morgan fingerprint density at radius 3 is 1.87 bits per heavy atom. The van der Waals surface area contributed by atoms with Crippen molar-refractivity contribution >= 4 is 11.6 Å². The van der Waals surface area contributed by atoms with Gasteiger partial charge in [-0.1, -0.05) is 11.6 Å². The molecule has 9 heteroatoms. The van der Waals surface area contributed by atoms with E-state index in [0.717, 1.165) is 0 Å². The van der Waals surface area contributed by atoms with Gasteiger partial charge < -0.3 is 0 Å². The van der Waals surface area contributed by atoms with Crippen LogP contribution in [0, 0.1) is 6.04 Å².